The molecule has 7 heteroatoms. The van der Waals surface area contributed by atoms with Crippen LogP contribution in [0.2, 0.25) is 5.02 Å². The van der Waals surface area contributed by atoms with E-state index in [1.165, 1.54) is 0 Å². The monoisotopic (exact) mass is 450 g/mol. The largest absolute Gasteiger partial charge is 0.484 e. The summed E-state index contributed by atoms with van der Waals surface area (Å²) in [7, 11) is 0. The number of halogens is 1. The molecule has 1 aliphatic heterocycles. The summed E-state index contributed by atoms with van der Waals surface area (Å²) in [5, 5.41) is 3.41. The van der Waals surface area contributed by atoms with Crippen LogP contribution in [-0.4, -0.2) is 44.6 Å². The molecule has 0 saturated carbocycles. The molecule has 1 N–H and O–H groups in total. The van der Waals surface area contributed by atoms with Gasteiger partial charge in [0.2, 0.25) is 0 Å². The van der Waals surface area contributed by atoms with E-state index in [1.54, 1.807) is 48.5 Å². The van der Waals surface area contributed by atoms with Gasteiger partial charge in [-0.25, -0.2) is 0 Å². The molecular weight excluding hydrogens is 428 g/mol. The van der Waals surface area contributed by atoms with Crippen LogP contribution in [0.3, 0.4) is 0 Å². The fraction of sp³-hybridized carbons (Fsp3) is 0.200. The second-order valence-electron chi connectivity index (χ2n) is 7.34. The minimum Gasteiger partial charge on any atom is -0.484 e. The third-order valence-electron chi connectivity index (χ3n) is 5.12. The number of carbonyl (C=O) groups is 2. The number of hydrogen-bond acceptors (Lipinski definition) is 5. The van der Waals surface area contributed by atoms with Crippen molar-refractivity contribution < 1.29 is 19.1 Å². The maximum Gasteiger partial charge on any atom is 0.262 e. The van der Waals surface area contributed by atoms with Gasteiger partial charge < -0.3 is 19.7 Å². The van der Waals surface area contributed by atoms with E-state index in [0.29, 0.717) is 27.6 Å². The first-order chi connectivity index (χ1) is 15.6. The van der Waals surface area contributed by atoms with Gasteiger partial charge in [-0.2, -0.15) is 0 Å². The van der Waals surface area contributed by atoms with E-state index in [-0.39, 0.29) is 18.3 Å². The highest BCUT2D eigenvalue weighted by molar-refractivity contribution is 6.30. The third-order valence-corrected chi connectivity index (χ3v) is 5.37. The normalized spacial score (nSPS) is 13.5. The van der Waals surface area contributed by atoms with Crippen molar-refractivity contribution in [1.29, 1.82) is 0 Å². The molecule has 0 radical (unpaired) electrons. The molecule has 3 aromatic rings. The van der Waals surface area contributed by atoms with Crippen molar-refractivity contribution in [3.63, 3.8) is 0 Å². The van der Waals surface area contributed by atoms with Crippen molar-refractivity contribution >= 4 is 34.7 Å². The van der Waals surface area contributed by atoms with Crippen LogP contribution in [0.4, 0.5) is 11.4 Å². The Morgan fingerprint density at radius 3 is 2.09 bits per heavy atom. The first kappa shape index (κ1) is 21.9. The van der Waals surface area contributed by atoms with Crippen molar-refractivity contribution in [1.82, 2.24) is 0 Å². The summed E-state index contributed by atoms with van der Waals surface area (Å²) in [5.74, 6) is 0.146. The number of rotatable bonds is 7. The van der Waals surface area contributed by atoms with E-state index in [9.17, 15) is 9.59 Å². The van der Waals surface area contributed by atoms with Crippen molar-refractivity contribution in [2.45, 2.75) is 0 Å². The molecule has 4 rings (SSSR count). The number of ether oxygens (including phenoxy) is 2. The van der Waals surface area contributed by atoms with Gasteiger partial charge in [0.15, 0.2) is 12.4 Å². The lowest BCUT2D eigenvalue weighted by molar-refractivity contribution is -0.118. The molecule has 1 aliphatic rings. The standard InChI is InChI=1S/C25H23ClN2O4/c26-20-5-1-18(2-6-20)25(30)19-3-11-23(12-4-19)32-17-24(29)27-21-7-9-22(10-8-21)28-13-15-31-16-14-28/h1-12H,13-17H2,(H,27,29). The van der Waals surface area contributed by atoms with Crippen LogP contribution in [0.1, 0.15) is 15.9 Å². The van der Waals surface area contributed by atoms with Crippen LogP contribution in [0.5, 0.6) is 5.75 Å². The molecule has 0 aromatic heterocycles. The summed E-state index contributed by atoms with van der Waals surface area (Å²) < 4.78 is 10.9. The van der Waals surface area contributed by atoms with Gasteiger partial charge in [-0.15, -0.1) is 0 Å². The highest BCUT2D eigenvalue weighted by atomic mass is 35.5. The second kappa shape index (κ2) is 10.3. The van der Waals surface area contributed by atoms with E-state index in [0.717, 1.165) is 32.0 Å². The number of nitrogens with one attached hydrogen (secondary N) is 1. The number of hydrogen-bond donors (Lipinski definition) is 1. The average Bonchev–Trinajstić information content (AvgIpc) is 2.84. The lowest BCUT2D eigenvalue weighted by atomic mass is 10.0. The molecule has 0 atom stereocenters. The van der Waals surface area contributed by atoms with Crippen molar-refractivity contribution in [3.05, 3.63) is 88.9 Å². The Labute approximate surface area is 191 Å². The first-order valence-electron chi connectivity index (χ1n) is 10.3. The lowest BCUT2D eigenvalue weighted by Gasteiger charge is -2.28. The number of carbonyl (C=O) groups excluding carboxylic acids is 2. The van der Waals surface area contributed by atoms with Gasteiger partial charge in [-0.05, 0) is 72.8 Å². The summed E-state index contributed by atoms with van der Waals surface area (Å²) in [6.07, 6.45) is 0. The Kier molecular flexibility index (Phi) is 7.04. The van der Waals surface area contributed by atoms with Crippen LogP contribution >= 0.6 is 11.6 Å². The van der Waals surface area contributed by atoms with E-state index in [4.69, 9.17) is 21.1 Å². The van der Waals surface area contributed by atoms with Gasteiger partial charge >= 0.3 is 0 Å². The summed E-state index contributed by atoms with van der Waals surface area (Å²) in [5.41, 5.74) is 2.90. The SMILES string of the molecule is O=C(COc1ccc(C(=O)c2ccc(Cl)cc2)cc1)Nc1ccc(N2CCOCC2)cc1. The molecule has 0 aliphatic carbocycles. The Balaban J connectivity index is 1.27. The van der Waals surface area contributed by atoms with Crippen LogP contribution in [0.25, 0.3) is 0 Å². The van der Waals surface area contributed by atoms with Crippen molar-refractivity contribution in [3.8, 4) is 5.75 Å². The predicted molar refractivity (Wildman–Crippen MR) is 125 cm³/mol. The smallest absolute Gasteiger partial charge is 0.262 e. The third kappa shape index (κ3) is 5.66. The van der Waals surface area contributed by atoms with Crippen molar-refractivity contribution in [2.24, 2.45) is 0 Å². The summed E-state index contributed by atoms with van der Waals surface area (Å²) >= 11 is 5.87. The van der Waals surface area contributed by atoms with Gasteiger partial charge in [0.25, 0.3) is 5.91 Å². The highest BCUT2D eigenvalue weighted by Gasteiger charge is 2.12. The first-order valence-corrected chi connectivity index (χ1v) is 10.7. The van der Waals surface area contributed by atoms with Gasteiger partial charge in [0, 0.05) is 40.6 Å². The number of anilines is 2. The minimum absolute atomic E-state index is 0.105. The van der Waals surface area contributed by atoms with E-state index >= 15 is 0 Å². The van der Waals surface area contributed by atoms with Crippen LogP contribution in [0, 0.1) is 0 Å². The summed E-state index contributed by atoms with van der Waals surface area (Å²) in [4.78, 5) is 27.0. The predicted octanol–water partition coefficient (Wildman–Crippen LogP) is 4.43. The molecule has 1 saturated heterocycles. The number of benzene rings is 3. The Morgan fingerprint density at radius 2 is 1.47 bits per heavy atom. The molecule has 32 heavy (non-hydrogen) atoms. The lowest BCUT2D eigenvalue weighted by Crippen LogP contribution is -2.36. The highest BCUT2D eigenvalue weighted by Crippen LogP contribution is 2.20. The average molecular weight is 451 g/mol. The van der Waals surface area contributed by atoms with Gasteiger partial charge in [0.1, 0.15) is 5.75 Å². The fourth-order valence-corrected chi connectivity index (χ4v) is 3.52. The van der Waals surface area contributed by atoms with Crippen LogP contribution in [0.15, 0.2) is 72.8 Å². The summed E-state index contributed by atoms with van der Waals surface area (Å²) in [6, 6.07) is 21.2. The molecule has 1 heterocycles. The fourth-order valence-electron chi connectivity index (χ4n) is 3.39. The molecule has 1 amide bonds. The maximum absolute atomic E-state index is 12.5. The van der Waals surface area contributed by atoms with Gasteiger partial charge in [0.05, 0.1) is 13.2 Å². The number of amides is 1. The number of ketones is 1. The molecule has 0 spiro atoms. The second-order valence-corrected chi connectivity index (χ2v) is 7.78. The van der Waals surface area contributed by atoms with Crippen LogP contribution in [-0.2, 0) is 9.53 Å². The molecule has 1 fully saturated rings. The number of morpholine rings is 1. The molecule has 3 aromatic carbocycles. The maximum atomic E-state index is 12.5. The molecule has 6 nitrogen and oxygen atoms in total. The molecule has 164 valence electrons. The zero-order valence-corrected chi connectivity index (χ0v) is 18.2. The van der Waals surface area contributed by atoms with E-state index < -0.39 is 0 Å². The van der Waals surface area contributed by atoms with Gasteiger partial charge in [-0.1, -0.05) is 11.6 Å². The Hall–Kier alpha value is -3.35. The zero-order valence-electron chi connectivity index (χ0n) is 17.4. The topological polar surface area (TPSA) is 67.9 Å². The Bertz CT molecular complexity index is 1060. The van der Waals surface area contributed by atoms with E-state index in [1.807, 2.05) is 24.3 Å². The quantitative estimate of drug-likeness (QED) is 0.539. The summed E-state index contributed by atoms with van der Waals surface area (Å²) in [6.45, 7) is 3.06. The Morgan fingerprint density at radius 1 is 0.875 bits per heavy atom. The van der Waals surface area contributed by atoms with Crippen LogP contribution < -0.4 is 15.0 Å². The molecular formula is C25H23ClN2O4. The molecule has 0 unspecified atom stereocenters. The minimum atomic E-state index is -0.259. The molecule has 0 bridgehead atoms. The van der Waals surface area contributed by atoms with Crippen molar-refractivity contribution in [2.75, 3.05) is 43.1 Å². The zero-order chi connectivity index (χ0) is 22.3. The number of nitrogens with zero attached hydrogens (tertiary/aromatic N) is 1. The van der Waals surface area contributed by atoms with Gasteiger partial charge in [-0.3, -0.25) is 9.59 Å². The van der Waals surface area contributed by atoms with E-state index in [2.05, 4.69) is 10.2 Å².